The van der Waals surface area contributed by atoms with Gasteiger partial charge in [-0.25, -0.2) is 0 Å². The van der Waals surface area contributed by atoms with Crippen molar-refractivity contribution in [2.45, 2.75) is 51.4 Å². The van der Waals surface area contributed by atoms with Crippen molar-refractivity contribution in [1.29, 1.82) is 0 Å². The molecule has 16 heteroatoms. The lowest BCUT2D eigenvalue weighted by Crippen LogP contribution is -2.42. The van der Waals surface area contributed by atoms with E-state index < -0.39 is 0 Å². The van der Waals surface area contributed by atoms with Gasteiger partial charge in [0.05, 0.1) is 139 Å². The topological polar surface area (TPSA) is 145 Å². The summed E-state index contributed by atoms with van der Waals surface area (Å²) in [4.78, 5) is 25.1. The van der Waals surface area contributed by atoms with Crippen molar-refractivity contribution in [2.24, 2.45) is 0 Å². The van der Waals surface area contributed by atoms with Crippen LogP contribution >= 0.6 is 0 Å². The summed E-state index contributed by atoms with van der Waals surface area (Å²) in [5, 5.41) is 0. The summed E-state index contributed by atoms with van der Waals surface area (Å²) < 4.78 is 68.4. The SMILES string of the molecule is COc1cc(/C=C\c2cc(OC)c(OC)c(OC)c2)c(CC[N+](C)(C)CCCOC(=O)CC/C=C/CCC(=O)OCCC[N+](C)(C)CCc2cc(OC)c(OC)cc2/C=C\c2cc(OC)c(OC)c(OC)c2)cc1OC. The highest BCUT2D eigenvalue weighted by molar-refractivity contribution is 5.77. The molecule has 0 saturated heterocycles. The molecular weight excluding hydrogens is 973 g/mol. The highest BCUT2D eigenvalue weighted by atomic mass is 16.6. The fourth-order valence-corrected chi connectivity index (χ4v) is 8.59. The molecule has 0 radical (unpaired) electrons. The van der Waals surface area contributed by atoms with Gasteiger partial charge in [-0.2, -0.15) is 0 Å². The first-order valence-electron chi connectivity index (χ1n) is 25.6. The molecule has 76 heavy (non-hydrogen) atoms. The van der Waals surface area contributed by atoms with Crippen molar-refractivity contribution >= 4 is 36.2 Å². The summed E-state index contributed by atoms with van der Waals surface area (Å²) in [6.07, 6.45) is 16.6. The van der Waals surface area contributed by atoms with Crippen molar-refractivity contribution < 1.29 is 75.4 Å². The van der Waals surface area contributed by atoms with Crippen LogP contribution in [-0.4, -0.2) is 160 Å². The van der Waals surface area contributed by atoms with Crippen LogP contribution < -0.4 is 47.4 Å². The molecule has 0 unspecified atom stereocenters. The van der Waals surface area contributed by atoms with Gasteiger partial charge in [0.25, 0.3) is 0 Å². The fraction of sp³-hybridized carbons (Fsp3) is 0.467. The highest BCUT2D eigenvalue weighted by Gasteiger charge is 2.21. The van der Waals surface area contributed by atoms with Gasteiger partial charge < -0.3 is 65.8 Å². The number of nitrogens with zero attached hydrogens (tertiary/aromatic N) is 2. The van der Waals surface area contributed by atoms with E-state index in [1.807, 2.05) is 85.0 Å². The predicted molar refractivity (Wildman–Crippen MR) is 299 cm³/mol. The Balaban J connectivity index is 1.15. The van der Waals surface area contributed by atoms with Crippen LogP contribution in [0.4, 0.5) is 0 Å². The van der Waals surface area contributed by atoms with E-state index in [-0.39, 0.29) is 24.8 Å². The van der Waals surface area contributed by atoms with Gasteiger partial charge in [0, 0.05) is 38.5 Å². The van der Waals surface area contributed by atoms with Gasteiger partial charge in [-0.05, 0) is 94.8 Å². The quantitative estimate of drug-likeness (QED) is 0.0144. The van der Waals surface area contributed by atoms with Crippen molar-refractivity contribution in [3.8, 4) is 57.5 Å². The number of esters is 2. The first-order chi connectivity index (χ1) is 36.5. The number of quaternary nitrogens is 2. The Morgan fingerprint density at radius 3 is 1.01 bits per heavy atom. The number of rotatable bonds is 34. The third kappa shape index (κ3) is 19.0. The molecular formula is C60H84N2O14+2. The molecule has 0 aliphatic carbocycles. The molecule has 16 nitrogen and oxygen atoms in total. The summed E-state index contributed by atoms with van der Waals surface area (Å²) >= 11 is 0. The molecule has 0 N–H and O–H groups in total. The van der Waals surface area contributed by atoms with Crippen LogP contribution in [0.5, 0.6) is 57.5 Å². The third-order valence-electron chi connectivity index (χ3n) is 13.1. The second-order valence-corrected chi connectivity index (χ2v) is 19.4. The van der Waals surface area contributed by atoms with Crippen molar-refractivity contribution in [3.63, 3.8) is 0 Å². The number of carbonyl (C=O) groups excluding carboxylic acids is 2. The first kappa shape index (κ1) is 61.5. The molecule has 0 aliphatic heterocycles. The summed E-state index contributed by atoms with van der Waals surface area (Å²) in [5.41, 5.74) is 5.97. The number of likely N-dealkylation sites (N-methyl/N-ethyl adjacent to an activating group) is 2. The molecule has 0 fully saturated rings. The van der Waals surface area contributed by atoms with Crippen LogP contribution in [0.3, 0.4) is 0 Å². The van der Waals surface area contributed by atoms with Crippen molar-refractivity contribution in [3.05, 3.63) is 94.1 Å². The summed E-state index contributed by atoms with van der Waals surface area (Å²) in [6.45, 7) is 4.03. The lowest BCUT2D eigenvalue weighted by molar-refractivity contribution is -0.890. The molecule has 0 aliphatic rings. The standard InChI is InChI=1S/C60H84N2O14/c1-61(2,31-27-47-41-51(67-7)49(65-5)39-45(47)25-23-43-35-53(69-9)59(73-13)54(36-43)70-10)29-19-33-75-57(63)21-17-15-16-18-22-58(64)76-34-20-30-62(3,4)32-28-48-42-52(68-8)50(66-6)40-46(48)26-24-44-37-55(71-11)60(74-14)56(38-44)72-12/h15-16,23-26,35-42H,17-22,27-34H2,1-14H3/q+2/b16-15+,25-23-,26-24-. The minimum atomic E-state index is -0.238. The van der Waals surface area contributed by atoms with Gasteiger partial charge in [0.1, 0.15) is 0 Å². The predicted octanol–water partition coefficient (Wildman–Crippen LogP) is 10.0. The molecule has 0 saturated carbocycles. The number of hydrogen-bond donors (Lipinski definition) is 0. The Labute approximate surface area is 451 Å². The second kappa shape index (κ2) is 31.1. The van der Waals surface area contributed by atoms with E-state index in [1.165, 1.54) is 0 Å². The van der Waals surface area contributed by atoms with Gasteiger partial charge >= 0.3 is 11.9 Å². The van der Waals surface area contributed by atoms with Crippen LogP contribution in [-0.2, 0) is 31.9 Å². The van der Waals surface area contributed by atoms with Gasteiger partial charge in [0.2, 0.25) is 11.5 Å². The highest BCUT2D eigenvalue weighted by Crippen LogP contribution is 2.41. The number of allylic oxidation sites excluding steroid dienone is 2. The van der Waals surface area contributed by atoms with E-state index in [0.717, 1.165) is 94.2 Å². The lowest BCUT2D eigenvalue weighted by Gasteiger charge is -2.30. The molecule has 0 heterocycles. The van der Waals surface area contributed by atoms with Crippen LogP contribution in [0.1, 0.15) is 71.9 Å². The van der Waals surface area contributed by atoms with Crippen molar-refractivity contribution in [2.75, 3.05) is 139 Å². The Hall–Kier alpha value is -7.04. The Morgan fingerprint density at radius 1 is 0.395 bits per heavy atom. The average molecular weight is 1060 g/mol. The molecule has 0 atom stereocenters. The number of benzene rings is 4. The number of ether oxygens (including phenoxy) is 12. The maximum atomic E-state index is 12.6. The van der Waals surface area contributed by atoms with Crippen LogP contribution in [0.15, 0.2) is 60.7 Å². The number of methoxy groups -OCH3 is 10. The van der Waals surface area contributed by atoms with E-state index in [0.29, 0.717) is 83.6 Å². The zero-order chi connectivity index (χ0) is 55.7. The van der Waals surface area contributed by atoms with Gasteiger partial charge in [0.15, 0.2) is 46.0 Å². The Morgan fingerprint density at radius 2 is 0.711 bits per heavy atom. The minimum Gasteiger partial charge on any atom is -0.493 e. The fourth-order valence-electron chi connectivity index (χ4n) is 8.59. The van der Waals surface area contributed by atoms with Gasteiger partial charge in [-0.3, -0.25) is 9.59 Å². The van der Waals surface area contributed by atoms with E-state index in [2.05, 4.69) is 28.2 Å². The van der Waals surface area contributed by atoms with Crippen molar-refractivity contribution in [1.82, 2.24) is 0 Å². The maximum absolute atomic E-state index is 12.6. The Bertz CT molecular complexity index is 2360. The summed E-state index contributed by atoms with van der Waals surface area (Å²) in [7, 11) is 24.8. The second-order valence-electron chi connectivity index (χ2n) is 19.4. The Kier molecular flexibility index (Phi) is 25.2. The zero-order valence-corrected chi connectivity index (χ0v) is 47.6. The summed E-state index contributed by atoms with van der Waals surface area (Å²) in [6, 6.07) is 15.6. The largest absolute Gasteiger partial charge is 0.493 e. The smallest absolute Gasteiger partial charge is 0.306 e. The summed E-state index contributed by atoms with van der Waals surface area (Å²) in [5.74, 6) is 5.49. The van der Waals surface area contributed by atoms with E-state index in [4.69, 9.17) is 56.8 Å². The lowest BCUT2D eigenvalue weighted by atomic mass is 10.0. The minimum absolute atomic E-state index is 0.238. The molecule has 0 aromatic heterocycles. The van der Waals surface area contributed by atoms with Gasteiger partial charge in [-0.15, -0.1) is 0 Å². The zero-order valence-electron chi connectivity index (χ0n) is 47.6. The molecule has 0 spiro atoms. The normalized spacial score (nSPS) is 11.7. The monoisotopic (exact) mass is 1060 g/mol. The molecule has 0 amide bonds. The molecule has 4 rings (SSSR count). The molecule has 416 valence electrons. The van der Waals surface area contributed by atoms with Crippen LogP contribution in [0.2, 0.25) is 0 Å². The van der Waals surface area contributed by atoms with E-state index >= 15 is 0 Å². The van der Waals surface area contributed by atoms with Crippen LogP contribution in [0, 0.1) is 0 Å². The molecule has 4 aromatic rings. The average Bonchev–Trinajstić information content (AvgIpc) is 3.42. The van der Waals surface area contributed by atoms with Gasteiger partial charge in [-0.1, -0.05) is 36.5 Å². The first-order valence-corrected chi connectivity index (χ1v) is 25.6. The van der Waals surface area contributed by atoms with E-state index in [1.54, 1.807) is 71.1 Å². The third-order valence-corrected chi connectivity index (χ3v) is 13.1. The number of hydrogen-bond acceptors (Lipinski definition) is 14. The number of carbonyl (C=O) groups is 2. The maximum Gasteiger partial charge on any atom is 0.306 e. The van der Waals surface area contributed by atoms with E-state index in [9.17, 15) is 9.59 Å². The van der Waals surface area contributed by atoms with Crippen LogP contribution in [0.25, 0.3) is 24.3 Å². The molecule has 4 aromatic carbocycles. The molecule has 0 bridgehead atoms.